The van der Waals surface area contributed by atoms with E-state index >= 15 is 0 Å². The Labute approximate surface area is 198 Å². The average molecular weight is 471 g/mol. The summed E-state index contributed by atoms with van der Waals surface area (Å²) in [5, 5.41) is 2.69. The topological polar surface area (TPSA) is 103 Å². The summed E-state index contributed by atoms with van der Waals surface area (Å²) in [6.07, 6.45) is -0.356. The molecular weight excluding hydrogens is 440 g/mol. The van der Waals surface area contributed by atoms with Crippen LogP contribution in [0.25, 0.3) is 0 Å². The van der Waals surface area contributed by atoms with E-state index in [2.05, 4.69) is 5.32 Å². The van der Waals surface area contributed by atoms with Gasteiger partial charge in [-0.1, -0.05) is 18.2 Å². The molecule has 34 heavy (non-hydrogen) atoms. The SMILES string of the molecule is COc1ccccc1NC(=O)[C@@H](C)OC(=O)[C@@H]1CC(=O)N(CCc2ccc(OC)c(OC)c2)C1. The minimum absolute atomic E-state index is 0.0611. The van der Waals surface area contributed by atoms with Crippen molar-refractivity contribution >= 4 is 23.5 Å². The molecule has 2 aromatic rings. The number of para-hydroxylation sites is 2. The van der Waals surface area contributed by atoms with Gasteiger partial charge in [-0.25, -0.2) is 0 Å². The van der Waals surface area contributed by atoms with Crippen LogP contribution in [0.1, 0.15) is 18.9 Å². The van der Waals surface area contributed by atoms with E-state index in [1.165, 1.54) is 14.0 Å². The fourth-order valence-corrected chi connectivity index (χ4v) is 3.75. The second-order valence-electron chi connectivity index (χ2n) is 7.95. The number of ether oxygens (including phenoxy) is 4. The maximum absolute atomic E-state index is 12.6. The molecule has 0 unspecified atom stereocenters. The highest BCUT2D eigenvalue weighted by Gasteiger charge is 2.36. The van der Waals surface area contributed by atoms with Crippen LogP contribution < -0.4 is 19.5 Å². The Kier molecular flexibility index (Phi) is 8.34. The van der Waals surface area contributed by atoms with E-state index in [1.807, 2.05) is 18.2 Å². The van der Waals surface area contributed by atoms with Crippen LogP contribution in [0, 0.1) is 5.92 Å². The Morgan fingerprint density at radius 2 is 1.74 bits per heavy atom. The summed E-state index contributed by atoms with van der Waals surface area (Å²) in [5.74, 6) is -0.0178. The van der Waals surface area contributed by atoms with Crippen LogP contribution in [0.15, 0.2) is 42.5 Å². The molecule has 0 aliphatic carbocycles. The van der Waals surface area contributed by atoms with Gasteiger partial charge in [-0.15, -0.1) is 0 Å². The number of nitrogens with zero attached hydrogens (tertiary/aromatic N) is 1. The summed E-state index contributed by atoms with van der Waals surface area (Å²) in [7, 11) is 4.64. The molecule has 2 aromatic carbocycles. The number of nitrogens with one attached hydrogen (secondary N) is 1. The summed E-state index contributed by atoms with van der Waals surface area (Å²) in [6, 6.07) is 12.5. The van der Waals surface area contributed by atoms with Crippen LogP contribution in [0.2, 0.25) is 0 Å². The zero-order chi connectivity index (χ0) is 24.7. The number of likely N-dealkylation sites (tertiary alicyclic amines) is 1. The van der Waals surface area contributed by atoms with Crippen LogP contribution in [-0.2, 0) is 25.5 Å². The highest BCUT2D eigenvalue weighted by Crippen LogP contribution is 2.28. The van der Waals surface area contributed by atoms with E-state index in [-0.39, 0.29) is 18.9 Å². The summed E-state index contributed by atoms with van der Waals surface area (Å²) in [6.45, 7) is 2.21. The van der Waals surface area contributed by atoms with Crippen molar-refractivity contribution in [2.75, 3.05) is 39.7 Å². The van der Waals surface area contributed by atoms with Crippen LogP contribution in [0.4, 0.5) is 5.69 Å². The van der Waals surface area contributed by atoms with Gasteiger partial charge in [0.1, 0.15) is 5.75 Å². The molecule has 0 spiro atoms. The van der Waals surface area contributed by atoms with Crippen LogP contribution in [-0.4, -0.2) is 63.2 Å². The van der Waals surface area contributed by atoms with Crippen molar-refractivity contribution in [3.8, 4) is 17.2 Å². The predicted molar refractivity (Wildman–Crippen MR) is 125 cm³/mol. The molecule has 3 rings (SSSR count). The molecule has 1 N–H and O–H groups in total. The minimum Gasteiger partial charge on any atom is -0.495 e. The van der Waals surface area contributed by atoms with E-state index < -0.39 is 23.9 Å². The third kappa shape index (κ3) is 5.98. The van der Waals surface area contributed by atoms with Crippen molar-refractivity contribution in [1.29, 1.82) is 0 Å². The predicted octanol–water partition coefficient (Wildman–Crippen LogP) is 2.67. The number of esters is 1. The summed E-state index contributed by atoms with van der Waals surface area (Å²) < 4.78 is 21.1. The van der Waals surface area contributed by atoms with Gasteiger partial charge in [0.15, 0.2) is 17.6 Å². The molecule has 0 aromatic heterocycles. The fourth-order valence-electron chi connectivity index (χ4n) is 3.75. The van der Waals surface area contributed by atoms with E-state index in [1.54, 1.807) is 43.4 Å². The molecule has 9 heteroatoms. The molecule has 1 heterocycles. The second kappa shape index (κ2) is 11.4. The van der Waals surface area contributed by atoms with Crippen LogP contribution >= 0.6 is 0 Å². The minimum atomic E-state index is -1.02. The highest BCUT2D eigenvalue weighted by molar-refractivity contribution is 5.96. The van der Waals surface area contributed by atoms with Gasteiger partial charge in [0, 0.05) is 19.5 Å². The quantitative estimate of drug-likeness (QED) is 0.533. The lowest BCUT2D eigenvalue weighted by Crippen LogP contribution is -2.33. The fraction of sp³-hybridized carbons (Fsp3) is 0.400. The van der Waals surface area contributed by atoms with Crippen LogP contribution in [0.3, 0.4) is 0 Å². The number of hydrogen-bond acceptors (Lipinski definition) is 7. The van der Waals surface area contributed by atoms with Gasteiger partial charge in [0.25, 0.3) is 5.91 Å². The maximum Gasteiger partial charge on any atom is 0.312 e. The number of hydrogen-bond donors (Lipinski definition) is 1. The summed E-state index contributed by atoms with van der Waals surface area (Å²) in [4.78, 5) is 39.2. The maximum atomic E-state index is 12.6. The van der Waals surface area contributed by atoms with Crippen molar-refractivity contribution in [2.45, 2.75) is 25.9 Å². The van der Waals surface area contributed by atoms with Crippen molar-refractivity contribution < 1.29 is 33.3 Å². The number of carbonyl (C=O) groups excluding carboxylic acids is 3. The lowest BCUT2D eigenvalue weighted by atomic mass is 10.1. The van der Waals surface area contributed by atoms with Gasteiger partial charge in [-0.05, 0) is 43.2 Å². The molecule has 9 nitrogen and oxygen atoms in total. The van der Waals surface area contributed by atoms with Gasteiger partial charge in [-0.2, -0.15) is 0 Å². The molecular formula is C25H30N2O7. The number of carbonyl (C=O) groups is 3. The third-order valence-electron chi connectivity index (χ3n) is 5.69. The summed E-state index contributed by atoms with van der Waals surface area (Å²) in [5.41, 5.74) is 1.47. The zero-order valence-electron chi connectivity index (χ0n) is 19.8. The lowest BCUT2D eigenvalue weighted by Gasteiger charge is -2.18. The second-order valence-corrected chi connectivity index (χ2v) is 7.95. The summed E-state index contributed by atoms with van der Waals surface area (Å²) >= 11 is 0. The molecule has 1 aliphatic rings. The standard InChI is InChI=1S/C25H30N2O7/c1-16(24(29)26-19-7-5-6-8-20(19)31-2)34-25(30)18-14-23(28)27(15-18)12-11-17-9-10-21(32-3)22(13-17)33-4/h5-10,13,16,18H,11-12,14-15H2,1-4H3,(H,26,29)/t16-,18-/m1/s1. The monoisotopic (exact) mass is 470 g/mol. The van der Waals surface area contributed by atoms with Crippen LogP contribution in [0.5, 0.6) is 17.2 Å². The number of methoxy groups -OCH3 is 3. The number of rotatable bonds is 10. The van der Waals surface area contributed by atoms with E-state index in [4.69, 9.17) is 18.9 Å². The molecule has 1 aliphatic heterocycles. The first kappa shape index (κ1) is 24.9. The van der Waals surface area contributed by atoms with E-state index in [0.29, 0.717) is 35.9 Å². The van der Waals surface area contributed by atoms with Gasteiger partial charge < -0.3 is 29.2 Å². The third-order valence-corrected chi connectivity index (χ3v) is 5.69. The normalized spacial score (nSPS) is 16.1. The first-order chi connectivity index (χ1) is 16.4. The molecule has 2 atom stereocenters. The smallest absolute Gasteiger partial charge is 0.312 e. The Balaban J connectivity index is 1.51. The van der Waals surface area contributed by atoms with E-state index in [9.17, 15) is 14.4 Å². The molecule has 0 saturated carbocycles. The Morgan fingerprint density at radius 3 is 2.44 bits per heavy atom. The molecule has 0 radical (unpaired) electrons. The van der Waals surface area contributed by atoms with Gasteiger partial charge >= 0.3 is 5.97 Å². The number of amides is 2. The Hall–Kier alpha value is -3.75. The van der Waals surface area contributed by atoms with Crippen molar-refractivity contribution in [3.63, 3.8) is 0 Å². The molecule has 2 amide bonds. The van der Waals surface area contributed by atoms with Gasteiger partial charge in [-0.3, -0.25) is 14.4 Å². The number of benzene rings is 2. The van der Waals surface area contributed by atoms with Crippen molar-refractivity contribution in [2.24, 2.45) is 5.92 Å². The molecule has 0 bridgehead atoms. The Bertz CT molecular complexity index is 1040. The Morgan fingerprint density at radius 1 is 1.03 bits per heavy atom. The highest BCUT2D eigenvalue weighted by atomic mass is 16.5. The average Bonchev–Trinajstić information content (AvgIpc) is 3.23. The lowest BCUT2D eigenvalue weighted by molar-refractivity contribution is -0.157. The van der Waals surface area contributed by atoms with Gasteiger partial charge in [0.2, 0.25) is 5.91 Å². The first-order valence-electron chi connectivity index (χ1n) is 11.0. The molecule has 1 saturated heterocycles. The molecule has 1 fully saturated rings. The van der Waals surface area contributed by atoms with Crippen molar-refractivity contribution in [1.82, 2.24) is 4.90 Å². The van der Waals surface area contributed by atoms with E-state index in [0.717, 1.165) is 5.56 Å². The zero-order valence-corrected chi connectivity index (χ0v) is 19.8. The van der Waals surface area contributed by atoms with Gasteiger partial charge in [0.05, 0.1) is 32.9 Å². The first-order valence-corrected chi connectivity index (χ1v) is 11.0. The molecule has 182 valence electrons. The number of anilines is 1. The largest absolute Gasteiger partial charge is 0.495 e. The van der Waals surface area contributed by atoms with Crippen molar-refractivity contribution in [3.05, 3.63) is 48.0 Å².